The third-order valence-electron chi connectivity index (χ3n) is 6.43. The summed E-state index contributed by atoms with van der Waals surface area (Å²) in [7, 11) is 2.89. The van der Waals surface area contributed by atoms with Crippen LogP contribution in [0.4, 0.5) is 0 Å². The average molecular weight is 486 g/mol. The van der Waals surface area contributed by atoms with Crippen LogP contribution in [0.25, 0.3) is 0 Å². The predicted molar refractivity (Wildman–Crippen MR) is 123 cm³/mol. The number of hydrogen-bond acceptors (Lipinski definition) is 8. The summed E-state index contributed by atoms with van der Waals surface area (Å²) < 4.78 is 28.4. The Labute approximate surface area is 201 Å². The molecule has 34 heavy (non-hydrogen) atoms. The van der Waals surface area contributed by atoms with Gasteiger partial charge in [0, 0.05) is 23.8 Å². The first-order valence-corrected chi connectivity index (χ1v) is 11.3. The van der Waals surface area contributed by atoms with Crippen LogP contribution in [0.3, 0.4) is 0 Å². The molecule has 9 heteroatoms. The number of carbonyl (C=O) groups is 2. The van der Waals surface area contributed by atoms with E-state index in [1.54, 1.807) is 0 Å². The van der Waals surface area contributed by atoms with Gasteiger partial charge in [0.1, 0.15) is 34.8 Å². The first-order valence-electron chi connectivity index (χ1n) is 10.9. The van der Waals surface area contributed by atoms with Gasteiger partial charge in [-0.15, -0.1) is 0 Å². The monoisotopic (exact) mass is 485 g/mol. The summed E-state index contributed by atoms with van der Waals surface area (Å²) in [5, 5.41) is 3.41. The number of rotatable bonds is 5. The van der Waals surface area contributed by atoms with Gasteiger partial charge < -0.3 is 29.0 Å². The number of fused-ring (bicyclic) bond motifs is 2. The SMILES string of the molecule is COc1cc(OC)c2c(c1Cl)O[C@@]1(C(=O)C=C(NC[C@@H]3COc4ccccc4O3)C[C@H]1C)C2=O. The summed E-state index contributed by atoms with van der Waals surface area (Å²) in [5.41, 5.74) is -0.835. The van der Waals surface area contributed by atoms with E-state index in [1.165, 1.54) is 26.4 Å². The van der Waals surface area contributed by atoms with Gasteiger partial charge in [-0.3, -0.25) is 9.59 Å². The molecule has 178 valence electrons. The first-order chi connectivity index (χ1) is 16.4. The average Bonchev–Trinajstić information content (AvgIpc) is 3.16. The summed E-state index contributed by atoms with van der Waals surface area (Å²) in [4.78, 5) is 26.9. The highest BCUT2D eigenvalue weighted by Crippen LogP contribution is 2.52. The zero-order valence-corrected chi connectivity index (χ0v) is 19.7. The van der Waals surface area contributed by atoms with Gasteiger partial charge in [0.2, 0.25) is 17.2 Å². The maximum Gasteiger partial charge on any atom is 0.236 e. The van der Waals surface area contributed by atoms with Crippen molar-refractivity contribution in [1.82, 2.24) is 5.32 Å². The molecule has 0 saturated carbocycles. The summed E-state index contributed by atoms with van der Waals surface area (Å²) in [6, 6.07) is 9.00. The Balaban J connectivity index is 1.36. The molecule has 2 heterocycles. The Morgan fingerprint density at radius 1 is 1.15 bits per heavy atom. The van der Waals surface area contributed by atoms with Crippen molar-refractivity contribution >= 4 is 23.2 Å². The molecule has 0 radical (unpaired) electrons. The lowest BCUT2D eigenvalue weighted by Crippen LogP contribution is -2.55. The molecule has 1 spiro atoms. The van der Waals surface area contributed by atoms with E-state index >= 15 is 0 Å². The lowest BCUT2D eigenvalue weighted by Gasteiger charge is -2.35. The first kappa shape index (κ1) is 22.4. The Morgan fingerprint density at radius 2 is 1.88 bits per heavy atom. The summed E-state index contributed by atoms with van der Waals surface area (Å²) in [5.74, 6) is 0.695. The fraction of sp³-hybridized carbons (Fsp3) is 0.360. The van der Waals surface area contributed by atoms with Crippen LogP contribution in [0.1, 0.15) is 23.7 Å². The van der Waals surface area contributed by atoms with Crippen molar-refractivity contribution < 1.29 is 33.3 Å². The van der Waals surface area contributed by atoms with Crippen LogP contribution >= 0.6 is 11.6 Å². The highest BCUT2D eigenvalue weighted by Gasteiger charge is 2.60. The second kappa shape index (κ2) is 8.43. The van der Waals surface area contributed by atoms with Gasteiger partial charge in [0.15, 0.2) is 17.2 Å². The highest BCUT2D eigenvalue weighted by atomic mass is 35.5. The van der Waals surface area contributed by atoms with E-state index in [9.17, 15) is 9.59 Å². The minimum absolute atomic E-state index is 0.110. The number of Topliss-reactive ketones (excluding diaryl/α,β-unsaturated/α-hetero) is 1. The minimum Gasteiger partial charge on any atom is -0.496 e. The molecule has 1 N–H and O–H groups in total. The van der Waals surface area contributed by atoms with Gasteiger partial charge in [0.25, 0.3) is 0 Å². The number of para-hydroxylation sites is 2. The Morgan fingerprint density at radius 3 is 2.59 bits per heavy atom. The molecule has 8 nitrogen and oxygen atoms in total. The van der Waals surface area contributed by atoms with Gasteiger partial charge in [-0.25, -0.2) is 0 Å². The number of hydrogen-bond donors (Lipinski definition) is 1. The van der Waals surface area contributed by atoms with E-state index in [0.29, 0.717) is 42.5 Å². The largest absolute Gasteiger partial charge is 0.496 e. The molecule has 2 aromatic carbocycles. The summed E-state index contributed by atoms with van der Waals surface area (Å²) >= 11 is 6.42. The molecule has 0 fully saturated rings. The number of halogens is 1. The van der Waals surface area contributed by atoms with Gasteiger partial charge >= 0.3 is 0 Å². The van der Waals surface area contributed by atoms with E-state index in [0.717, 1.165) is 0 Å². The van der Waals surface area contributed by atoms with E-state index in [2.05, 4.69) is 5.32 Å². The third-order valence-corrected chi connectivity index (χ3v) is 6.79. The van der Waals surface area contributed by atoms with Crippen molar-refractivity contribution in [2.24, 2.45) is 5.92 Å². The van der Waals surface area contributed by atoms with Gasteiger partial charge in [0.05, 0.1) is 20.8 Å². The normalized spacial score (nSPS) is 24.9. The van der Waals surface area contributed by atoms with Crippen LogP contribution in [0.15, 0.2) is 42.1 Å². The minimum atomic E-state index is -1.69. The predicted octanol–water partition coefficient (Wildman–Crippen LogP) is 3.59. The maximum absolute atomic E-state index is 13.5. The topological polar surface area (TPSA) is 92.3 Å². The molecule has 2 aliphatic heterocycles. The fourth-order valence-corrected chi connectivity index (χ4v) is 4.93. The van der Waals surface area contributed by atoms with Gasteiger partial charge in [-0.2, -0.15) is 0 Å². The Bertz CT molecular complexity index is 1210. The van der Waals surface area contributed by atoms with E-state index in [4.69, 9.17) is 35.3 Å². The lowest BCUT2D eigenvalue weighted by molar-refractivity contribution is -0.129. The van der Waals surface area contributed by atoms with E-state index in [-0.39, 0.29) is 28.2 Å². The molecule has 2 aromatic rings. The van der Waals surface area contributed by atoms with Crippen molar-refractivity contribution in [2.75, 3.05) is 27.4 Å². The van der Waals surface area contributed by atoms with Crippen LogP contribution in [0.2, 0.25) is 5.02 Å². The molecule has 0 aromatic heterocycles. The number of methoxy groups -OCH3 is 2. The Kier molecular flexibility index (Phi) is 5.56. The van der Waals surface area contributed by atoms with Gasteiger partial charge in [-0.05, 0) is 18.6 Å². The number of carbonyl (C=O) groups excluding carboxylic acids is 2. The molecule has 3 atom stereocenters. The van der Waals surface area contributed by atoms with Crippen LogP contribution in [0, 0.1) is 5.92 Å². The van der Waals surface area contributed by atoms with Crippen LogP contribution < -0.4 is 29.0 Å². The molecule has 3 aliphatic rings. The fourth-order valence-electron chi connectivity index (χ4n) is 4.66. The van der Waals surface area contributed by atoms with Crippen LogP contribution in [0.5, 0.6) is 28.7 Å². The van der Waals surface area contributed by atoms with Crippen molar-refractivity contribution in [2.45, 2.75) is 25.0 Å². The van der Waals surface area contributed by atoms with Crippen LogP contribution in [-0.4, -0.2) is 50.6 Å². The maximum atomic E-state index is 13.5. The molecule has 5 rings (SSSR count). The summed E-state index contributed by atoms with van der Waals surface area (Å²) in [6.07, 6.45) is 1.63. The van der Waals surface area contributed by atoms with Gasteiger partial charge in [-0.1, -0.05) is 30.7 Å². The lowest BCUT2D eigenvalue weighted by atomic mass is 9.74. The number of ether oxygens (including phenoxy) is 5. The third kappa shape index (κ3) is 3.36. The molecule has 0 unspecified atom stereocenters. The second-order valence-corrected chi connectivity index (χ2v) is 8.86. The second-order valence-electron chi connectivity index (χ2n) is 8.48. The zero-order chi connectivity index (χ0) is 24.0. The smallest absolute Gasteiger partial charge is 0.236 e. The Hall–Kier alpha value is -3.39. The van der Waals surface area contributed by atoms with E-state index < -0.39 is 23.1 Å². The molecule has 1 aliphatic carbocycles. The molecule has 0 amide bonds. The van der Waals surface area contributed by atoms with Crippen LogP contribution in [-0.2, 0) is 4.79 Å². The van der Waals surface area contributed by atoms with Crippen molar-refractivity contribution in [1.29, 1.82) is 0 Å². The number of benzene rings is 2. The van der Waals surface area contributed by atoms with Crippen molar-refractivity contribution in [3.05, 3.63) is 52.7 Å². The number of allylic oxidation sites excluding steroid dienone is 1. The quantitative estimate of drug-likeness (QED) is 0.642. The number of nitrogens with one attached hydrogen (secondary N) is 1. The highest BCUT2D eigenvalue weighted by molar-refractivity contribution is 6.36. The molecular formula is C25H24ClNO7. The molecule has 0 saturated heterocycles. The summed E-state index contributed by atoms with van der Waals surface area (Å²) in [6.45, 7) is 2.64. The number of ketones is 2. The standard InChI is InChI=1S/C25H24ClNO7/c1-13-8-14(27-11-15-12-32-16-6-4-5-7-17(16)33-15)9-20(28)25(13)24(29)21-18(30-2)10-19(31-3)22(26)23(21)34-25/h4-7,9-10,13,15,27H,8,11-12H2,1-3H3/t13-,15-,25+/m1/s1. The zero-order valence-electron chi connectivity index (χ0n) is 19.0. The van der Waals surface area contributed by atoms with Crippen molar-refractivity contribution in [3.63, 3.8) is 0 Å². The van der Waals surface area contributed by atoms with Crippen molar-refractivity contribution in [3.8, 4) is 28.7 Å². The molecule has 0 bridgehead atoms. The van der Waals surface area contributed by atoms with E-state index in [1.807, 2.05) is 31.2 Å². The molecular weight excluding hydrogens is 462 g/mol.